The number of rotatable bonds is 26. The minimum Gasteiger partial charge on any atom is -0.377 e. The maximum atomic E-state index is 12.7. The minimum absolute atomic E-state index is 0.00164. The van der Waals surface area contributed by atoms with Crippen LogP contribution in [0.1, 0.15) is 64.2 Å². The van der Waals surface area contributed by atoms with Gasteiger partial charge in [0.2, 0.25) is 17.7 Å². The van der Waals surface area contributed by atoms with Gasteiger partial charge in [0.1, 0.15) is 12.9 Å². The Balaban J connectivity index is 4.64. The summed E-state index contributed by atoms with van der Waals surface area (Å²) in [4.78, 5) is 57.5. The van der Waals surface area contributed by atoms with Crippen LogP contribution in [0.2, 0.25) is 0 Å². The number of amides is 3. The third-order valence-electron chi connectivity index (χ3n) is 5.29. The van der Waals surface area contributed by atoms with Crippen LogP contribution in [0.5, 0.6) is 0 Å². The standard InChI is InChI=1S/C25H41N5O8/c1-2-16-35-20-21-36-19-14-28-23(33)9-12-25(10-5-15-31,11-8-22(27)32)29-24(34)7-3-4-17-37-30-38-18-6-13-26/h1,15,30H,3-12,14,16-21H2,(H2,27,32)(H,28,33)(H,29,34). The van der Waals surface area contributed by atoms with E-state index >= 15 is 0 Å². The molecular weight excluding hydrogens is 498 g/mol. The lowest BCUT2D eigenvalue weighted by molar-refractivity contribution is -0.169. The number of carbonyl (C=O) groups is 4. The van der Waals surface area contributed by atoms with Gasteiger partial charge in [-0.3, -0.25) is 24.1 Å². The SMILES string of the molecule is C#CCOCCOCCNC(=O)CCC(CCC=O)(CCC(N)=O)NC(=O)CCCCONOCCC#N. The molecular formula is C25H41N5O8. The second-order valence-corrected chi connectivity index (χ2v) is 8.36. The van der Waals surface area contributed by atoms with Crippen molar-refractivity contribution in [2.45, 2.75) is 69.7 Å². The van der Waals surface area contributed by atoms with Gasteiger partial charge in [-0.25, -0.2) is 0 Å². The predicted octanol–water partition coefficient (Wildman–Crippen LogP) is 0.186. The van der Waals surface area contributed by atoms with Gasteiger partial charge < -0.3 is 30.6 Å². The molecule has 0 aromatic carbocycles. The third-order valence-corrected chi connectivity index (χ3v) is 5.29. The topological polar surface area (TPSA) is 191 Å². The Kier molecular flexibility index (Phi) is 22.3. The summed E-state index contributed by atoms with van der Waals surface area (Å²) in [6, 6.07) is 1.93. The minimum atomic E-state index is -0.929. The Bertz CT molecular complexity index is 768. The molecule has 1 unspecified atom stereocenters. The first-order chi connectivity index (χ1) is 18.4. The zero-order valence-electron chi connectivity index (χ0n) is 22.0. The predicted molar refractivity (Wildman–Crippen MR) is 136 cm³/mol. The average molecular weight is 540 g/mol. The van der Waals surface area contributed by atoms with E-state index < -0.39 is 11.4 Å². The van der Waals surface area contributed by atoms with Gasteiger partial charge >= 0.3 is 0 Å². The van der Waals surface area contributed by atoms with Crippen LogP contribution in [0, 0.1) is 23.7 Å². The molecule has 0 aromatic rings. The van der Waals surface area contributed by atoms with E-state index in [2.05, 4.69) is 22.2 Å². The number of nitrogens with one attached hydrogen (secondary N) is 3. The highest BCUT2D eigenvalue weighted by atomic mass is 16.9. The van der Waals surface area contributed by atoms with Gasteiger partial charge in [-0.2, -0.15) is 5.26 Å². The van der Waals surface area contributed by atoms with Gasteiger partial charge in [0, 0.05) is 37.8 Å². The molecule has 0 aromatic heterocycles. The van der Waals surface area contributed by atoms with Crippen molar-refractivity contribution in [2.75, 3.05) is 46.2 Å². The second kappa shape index (κ2) is 24.3. The maximum absolute atomic E-state index is 12.7. The fraction of sp³-hybridized carbons (Fsp3) is 0.720. The van der Waals surface area contributed by atoms with Crippen molar-refractivity contribution in [3.8, 4) is 18.4 Å². The van der Waals surface area contributed by atoms with Gasteiger partial charge in [-0.05, 0) is 32.1 Å². The first kappa shape index (κ1) is 34.9. The molecule has 0 radical (unpaired) electrons. The summed E-state index contributed by atoms with van der Waals surface area (Å²) in [5.41, 5.74) is 6.67. The number of nitrogens with zero attached hydrogens (tertiary/aromatic N) is 1. The summed E-state index contributed by atoms with van der Waals surface area (Å²) >= 11 is 0. The number of terminal acetylenes is 1. The summed E-state index contributed by atoms with van der Waals surface area (Å²) in [7, 11) is 0. The van der Waals surface area contributed by atoms with E-state index in [0.717, 1.165) is 6.29 Å². The Morgan fingerprint density at radius 2 is 1.66 bits per heavy atom. The molecule has 0 aliphatic carbocycles. The molecule has 3 amide bonds. The van der Waals surface area contributed by atoms with Gasteiger partial charge in [0.15, 0.2) is 0 Å². The van der Waals surface area contributed by atoms with Crippen LogP contribution in [-0.4, -0.2) is 75.7 Å². The Hall–Kier alpha value is -3.07. The Morgan fingerprint density at radius 3 is 2.37 bits per heavy atom. The highest BCUT2D eigenvalue weighted by molar-refractivity contribution is 5.78. The number of aldehydes is 1. The van der Waals surface area contributed by atoms with Crippen LogP contribution in [-0.2, 0) is 38.3 Å². The number of nitriles is 1. The number of carbonyl (C=O) groups excluding carboxylic acids is 4. The van der Waals surface area contributed by atoms with Crippen LogP contribution in [0.3, 0.4) is 0 Å². The zero-order valence-corrected chi connectivity index (χ0v) is 22.0. The smallest absolute Gasteiger partial charge is 0.220 e. The quantitative estimate of drug-likeness (QED) is 0.0510. The first-order valence-electron chi connectivity index (χ1n) is 12.6. The normalized spacial score (nSPS) is 12.1. The fourth-order valence-corrected chi connectivity index (χ4v) is 3.35. The molecule has 0 bridgehead atoms. The lowest BCUT2D eigenvalue weighted by Crippen LogP contribution is -2.50. The Morgan fingerprint density at radius 1 is 0.921 bits per heavy atom. The highest BCUT2D eigenvalue weighted by Crippen LogP contribution is 2.26. The molecule has 13 nitrogen and oxygen atoms in total. The number of unbranched alkanes of at least 4 members (excludes halogenated alkanes) is 1. The number of hydrogen-bond acceptors (Lipinski definition) is 10. The summed E-state index contributed by atoms with van der Waals surface area (Å²) in [5.74, 6) is 1.30. The van der Waals surface area contributed by atoms with E-state index in [4.69, 9.17) is 36.6 Å². The van der Waals surface area contributed by atoms with Crippen LogP contribution in [0.15, 0.2) is 0 Å². The molecule has 0 heterocycles. The van der Waals surface area contributed by atoms with Crippen molar-refractivity contribution in [3.63, 3.8) is 0 Å². The lowest BCUT2D eigenvalue weighted by Gasteiger charge is -2.34. The summed E-state index contributed by atoms with van der Waals surface area (Å²) in [5, 5.41) is 14.1. The number of nitrogens with two attached hydrogens (primary N) is 1. The van der Waals surface area contributed by atoms with Crippen LogP contribution >= 0.6 is 0 Å². The molecule has 0 rings (SSSR count). The monoisotopic (exact) mass is 539 g/mol. The molecule has 0 fully saturated rings. The van der Waals surface area contributed by atoms with Gasteiger partial charge in [-0.15, -0.1) is 6.42 Å². The molecule has 5 N–H and O–H groups in total. The van der Waals surface area contributed by atoms with Crippen LogP contribution < -0.4 is 22.0 Å². The molecule has 1 atom stereocenters. The van der Waals surface area contributed by atoms with Crippen molar-refractivity contribution in [1.82, 2.24) is 16.3 Å². The summed E-state index contributed by atoms with van der Waals surface area (Å²) < 4.78 is 10.4. The first-order valence-corrected chi connectivity index (χ1v) is 12.6. The van der Waals surface area contributed by atoms with Gasteiger partial charge in [0.05, 0.1) is 45.5 Å². The lowest BCUT2D eigenvalue weighted by atomic mass is 9.83. The van der Waals surface area contributed by atoms with Crippen LogP contribution in [0.25, 0.3) is 0 Å². The molecule has 0 spiro atoms. The average Bonchev–Trinajstić information content (AvgIpc) is 2.90. The third kappa shape index (κ3) is 21.1. The van der Waals surface area contributed by atoms with Crippen molar-refractivity contribution in [1.29, 1.82) is 5.26 Å². The number of hydrogen-bond donors (Lipinski definition) is 4. The van der Waals surface area contributed by atoms with Gasteiger partial charge in [-0.1, -0.05) is 11.6 Å². The van der Waals surface area contributed by atoms with E-state index in [1.165, 1.54) is 0 Å². The number of ether oxygens (including phenoxy) is 2. The van der Waals surface area contributed by atoms with Crippen molar-refractivity contribution in [3.05, 3.63) is 0 Å². The molecule has 0 saturated carbocycles. The highest BCUT2D eigenvalue weighted by Gasteiger charge is 2.32. The van der Waals surface area contributed by atoms with Crippen LogP contribution in [0.4, 0.5) is 0 Å². The van der Waals surface area contributed by atoms with Crippen molar-refractivity contribution in [2.24, 2.45) is 5.73 Å². The fourth-order valence-electron chi connectivity index (χ4n) is 3.35. The number of primary amides is 1. The van der Waals surface area contributed by atoms with E-state index in [-0.39, 0.29) is 76.4 Å². The molecule has 13 heteroatoms. The zero-order chi connectivity index (χ0) is 28.3. The molecule has 214 valence electrons. The Labute approximate surface area is 224 Å². The van der Waals surface area contributed by atoms with Crippen molar-refractivity contribution >= 4 is 24.0 Å². The molecule has 38 heavy (non-hydrogen) atoms. The van der Waals surface area contributed by atoms with E-state index in [0.29, 0.717) is 45.8 Å². The summed E-state index contributed by atoms with van der Waals surface area (Å²) in [6.07, 6.45) is 8.27. The van der Waals surface area contributed by atoms with Crippen molar-refractivity contribution < 1.29 is 38.3 Å². The molecule has 0 saturated heterocycles. The second-order valence-electron chi connectivity index (χ2n) is 8.36. The van der Waals surface area contributed by atoms with E-state index in [9.17, 15) is 19.2 Å². The summed E-state index contributed by atoms with van der Waals surface area (Å²) in [6.45, 7) is 2.00. The largest absolute Gasteiger partial charge is 0.377 e. The van der Waals surface area contributed by atoms with E-state index in [1.54, 1.807) is 0 Å². The maximum Gasteiger partial charge on any atom is 0.220 e. The molecule has 0 aliphatic heterocycles. The van der Waals surface area contributed by atoms with E-state index in [1.807, 2.05) is 6.07 Å². The van der Waals surface area contributed by atoms with Gasteiger partial charge in [0.25, 0.3) is 0 Å². The molecule has 0 aliphatic rings.